The fourth-order valence-corrected chi connectivity index (χ4v) is 7.09. The van der Waals surface area contributed by atoms with Gasteiger partial charge in [-0.05, 0) is 64.1 Å². The summed E-state index contributed by atoms with van der Waals surface area (Å²) in [7, 11) is 0. The predicted molar refractivity (Wildman–Crippen MR) is 182 cm³/mol. The Bertz CT molecular complexity index is 2230. The van der Waals surface area contributed by atoms with Gasteiger partial charge in [0.15, 0.2) is 0 Å². The summed E-state index contributed by atoms with van der Waals surface area (Å²) in [5.74, 6) is 1.83. The number of rotatable bonds is 4. The van der Waals surface area contributed by atoms with Crippen LogP contribution >= 0.6 is 0 Å². The largest absolute Gasteiger partial charge is 0.457 e. The molecule has 43 heavy (non-hydrogen) atoms. The Balaban J connectivity index is 1.38. The van der Waals surface area contributed by atoms with E-state index in [1.54, 1.807) is 0 Å². The molecule has 0 N–H and O–H groups in total. The Hall–Kier alpha value is -5.54. The average molecular weight is 547 g/mol. The van der Waals surface area contributed by atoms with Crippen LogP contribution in [-0.4, -0.2) is 6.71 Å². The lowest BCUT2D eigenvalue weighted by atomic mass is 9.36. The lowest BCUT2D eigenvalue weighted by molar-refractivity contribution is 0.493. The third kappa shape index (κ3) is 3.68. The van der Waals surface area contributed by atoms with Crippen molar-refractivity contribution in [3.05, 3.63) is 158 Å². The molecule has 0 bridgehead atoms. The fraction of sp³-hybridized carbons (Fsp3) is 0. The molecule has 2 nitrogen and oxygen atoms in total. The summed E-state index contributed by atoms with van der Waals surface area (Å²) in [6.07, 6.45) is 0. The van der Waals surface area contributed by atoms with Crippen LogP contribution in [0.3, 0.4) is 0 Å². The molecule has 0 atom stereocenters. The average Bonchev–Trinajstić information content (AvgIpc) is 3.21. The van der Waals surface area contributed by atoms with E-state index in [4.69, 9.17) is 4.74 Å². The molecular weight excluding hydrogens is 521 g/mol. The maximum Gasteiger partial charge on any atom is 0.247 e. The molecule has 200 valence electrons. The second kappa shape index (κ2) is 9.50. The van der Waals surface area contributed by atoms with Crippen LogP contribution in [0.25, 0.3) is 32.3 Å². The molecule has 0 saturated heterocycles. The summed E-state index contributed by atoms with van der Waals surface area (Å²) < 4.78 is 6.84. The van der Waals surface area contributed by atoms with Crippen LogP contribution in [-0.2, 0) is 0 Å². The topological polar surface area (TPSA) is 12.5 Å². The minimum absolute atomic E-state index is 0.0628. The number of ether oxygens (including phenoxy) is 1. The van der Waals surface area contributed by atoms with Crippen LogP contribution in [0.2, 0.25) is 0 Å². The van der Waals surface area contributed by atoms with Crippen molar-refractivity contribution in [3.63, 3.8) is 0 Å². The summed E-state index contributed by atoms with van der Waals surface area (Å²) in [4.78, 5) is 2.37. The normalized spacial score (nSPS) is 12.3. The van der Waals surface area contributed by atoms with E-state index in [1.807, 2.05) is 0 Å². The predicted octanol–water partition coefficient (Wildman–Crippen LogP) is 8.68. The second-order valence-electron chi connectivity index (χ2n) is 11.3. The second-order valence-corrected chi connectivity index (χ2v) is 11.3. The van der Waals surface area contributed by atoms with Gasteiger partial charge >= 0.3 is 0 Å². The monoisotopic (exact) mass is 547 g/mol. The van der Waals surface area contributed by atoms with Crippen molar-refractivity contribution >= 4 is 72.5 Å². The zero-order chi connectivity index (χ0) is 28.3. The van der Waals surface area contributed by atoms with E-state index in [9.17, 15) is 0 Å². The van der Waals surface area contributed by atoms with E-state index in [1.165, 1.54) is 48.7 Å². The number of hydrogen-bond donors (Lipinski definition) is 0. The molecule has 0 spiro atoms. The van der Waals surface area contributed by atoms with E-state index in [0.29, 0.717) is 0 Å². The zero-order valence-corrected chi connectivity index (χ0v) is 23.4. The Morgan fingerprint density at radius 2 is 1.07 bits per heavy atom. The molecule has 8 aromatic carbocycles. The standard InChI is InChI=1S/C40H26BNO/c1-4-12-29(13-5-1)41-33-18-10-11-19-36(33)43-37-26-28-22-25-35(32-23-20-27-21-24-34(41)40(37)39(27)38(28)32)42(30-14-6-2-7-15-30)31-16-8-3-9-17-31/h1-26H. The first-order valence-corrected chi connectivity index (χ1v) is 14.8. The van der Waals surface area contributed by atoms with Crippen LogP contribution < -0.4 is 26.0 Å². The lowest BCUT2D eigenvalue weighted by Gasteiger charge is -2.28. The number of anilines is 3. The molecule has 0 aromatic heterocycles. The van der Waals surface area contributed by atoms with Crippen LogP contribution in [0.5, 0.6) is 11.5 Å². The molecule has 0 amide bonds. The van der Waals surface area contributed by atoms with Gasteiger partial charge in [-0.1, -0.05) is 126 Å². The summed E-state index contributed by atoms with van der Waals surface area (Å²) >= 11 is 0. The first kappa shape index (κ1) is 24.1. The molecule has 0 aliphatic carbocycles. The van der Waals surface area contributed by atoms with Crippen LogP contribution in [0.1, 0.15) is 0 Å². The number of hydrogen-bond acceptors (Lipinski definition) is 2. The molecule has 0 saturated carbocycles. The molecule has 1 aliphatic rings. The molecule has 1 aliphatic heterocycles. The Kier molecular flexibility index (Phi) is 5.33. The summed E-state index contributed by atoms with van der Waals surface area (Å²) in [5, 5.41) is 7.36. The lowest BCUT2D eigenvalue weighted by Crippen LogP contribution is -2.51. The van der Waals surface area contributed by atoms with Gasteiger partial charge < -0.3 is 9.64 Å². The van der Waals surface area contributed by atoms with Crippen molar-refractivity contribution in [2.45, 2.75) is 0 Å². The van der Waals surface area contributed by atoms with Gasteiger partial charge in [-0.2, -0.15) is 0 Å². The smallest absolute Gasteiger partial charge is 0.247 e. The minimum Gasteiger partial charge on any atom is -0.457 e. The van der Waals surface area contributed by atoms with Gasteiger partial charge in [0.25, 0.3) is 0 Å². The van der Waals surface area contributed by atoms with Crippen molar-refractivity contribution < 1.29 is 4.74 Å². The van der Waals surface area contributed by atoms with Crippen molar-refractivity contribution in [1.82, 2.24) is 0 Å². The van der Waals surface area contributed by atoms with E-state index < -0.39 is 0 Å². The van der Waals surface area contributed by atoms with E-state index in [2.05, 4.69) is 163 Å². The van der Waals surface area contributed by atoms with Gasteiger partial charge in [0.2, 0.25) is 6.71 Å². The number of para-hydroxylation sites is 3. The van der Waals surface area contributed by atoms with Gasteiger partial charge in [-0.3, -0.25) is 0 Å². The van der Waals surface area contributed by atoms with Crippen LogP contribution in [0.15, 0.2) is 158 Å². The SMILES string of the molecule is c1ccc(B2c3ccccc3Oc3cc4ccc(N(c5ccccc5)c5ccccc5)c5ccc6ccc2c3c6c45)cc1. The van der Waals surface area contributed by atoms with Gasteiger partial charge in [0.05, 0.1) is 5.69 Å². The molecule has 8 aromatic rings. The molecule has 0 fully saturated rings. The van der Waals surface area contributed by atoms with Gasteiger partial charge in [-0.15, -0.1) is 0 Å². The highest BCUT2D eigenvalue weighted by atomic mass is 16.5. The summed E-state index contributed by atoms with van der Waals surface area (Å²) in [6.45, 7) is 0.0628. The Morgan fingerprint density at radius 1 is 0.442 bits per heavy atom. The third-order valence-corrected chi connectivity index (χ3v) is 8.90. The molecule has 1 heterocycles. The highest BCUT2D eigenvalue weighted by molar-refractivity contribution is 6.97. The maximum absolute atomic E-state index is 6.84. The summed E-state index contributed by atoms with van der Waals surface area (Å²) in [5.41, 5.74) is 7.15. The van der Waals surface area contributed by atoms with E-state index >= 15 is 0 Å². The van der Waals surface area contributed by atoms with Crippen molar-refractivity contribution in [3.8, 4) is 11.5 Å². The fourth-order valence-electron chi connectivity index (χ4n) is 7.09. The molecule has 0 unspecified atom stereocenters. The number of fused-ring (bicyclic) bond motifs is 1. The van der Waals surface area contributed by atoms with Crippen molar-refractivity contribution in [1.29, 1.82) is 0 Å². The van der Waals surface area contributed by atoms with Gasteiger partial charge in [-0.25, -0.2) is 0 Å². The van der Waals surface area contributed by atoms with Crippen molar-refractivity contribution in [2.24, 2.45) is 0 Å². The first-order valence-electron chi connectivity index (χ1n) is 14.8. The Labute approximate surface area is 250 Å². The minimum atomic E-state index is 0.0628. The Morgan fingerprint density at radius 3 is 1.81 bits per heavy atom. The zero-order valence-electron chi connectivity index (χ0n) is 23.4. The molecule has 0 radical (unpaired) electrons. The first-order chi connectivity index (χ1) is 21.3. The van der Waals surface area contributed by atoms with Gasteiger partial charge in [0.1, 0.15) is 11.5 Å². The number of benzene rings is 8. The highest BCUT2D eigenvalue weighted by Gasteiger charge is 2.32. The maximum atomic E-state index is 6.84. The van der Waals surface area contributed by atoms with E-state index in [-0.39, 0.29) is 6.71 Å². The molecular formula is C40H26BNO. The quantitative estimate of drug-likeness (QED) is 0.162. The third-order valence-electron chi connectivity index (χ3n) is 8.90. The number of nitrogens with zero attached hydrogens (tertiary/aromatic N) is 1. The molecule has 3 heteroatoms. The van der Waals surface area contributed by atoms with Crippen molar-refractivity contribution in [2.75, 3.05) is 4.90 Å². The van der Waals surface area contributed by atoms with Crippen LogP contribution in [0, 0.1) is 0 Å². The van der Waals surface area contributed by atoms with Crippen LogP contribution in [0.4, 0.5) is 17.1 Å². The van der Waals surface area contributed by atoms with Gasteiger partial charge in [0, 0.05) is 27.5 Å². The molecule has 9 rings (SSSR count). The highest BCUT2D eigenvalue weighted by Crippen LogP contribution is 2.46. The van der Waals surface area contributed by atoms with E-state index in [0.717, 1.165) is 28.6 Å². The summed E-state index contributed by atoms with van der Waals surface area (Å²) in [6, 6.07) is 56.6.